The van der Waals surface area contributed by atoms with E-state index < -0.39 is 0 Å². The van der Waals surface area contributed by atoms with Crippen LogP contribution in [-0.2, 0) is 5.41 Å². The minimum atomic E-state index is 0.249. The van der Waals surface area contributed by atoms with E-state index in [9.17, 15) is 0 Å². The maximum atomic E-state index is 5.80. The van der Waals surface area contributed by atoms with Crippen molar-refractivity contribution in [3.63, 3.8) is 0 Å². The fourth-order valence-electron chi connectivity index (χ4n) is 6.08. The molecular weight excluding hydrogens is 280 g/mol. The second-order valence-corrected chi connectivity index (χ2v) is 9.24. The van der Waals surface area contributed by atoms with Crippen molar-refractivity contribution in [2.24, 2.45) is 29.6 Å². The molecule has 0 aromatic heterocycles. The number of hydrogen-bond acceptors (Lipinski definition) is 1. The van der Waals surface area contributed by atoms with Gasteiger partial charge in [0.1, 0.15) is 5.75 Å². The third kappa shape index (κ3) is 2.61. The van der Waals surface area contributed by atoms with Gasteiger partial charge in [0.2, 0.25) is 0 Å². The Bertz CT molecular complexity index is 538. The minimum absolute atomic E-state index is 0.249. The average molecular weight is 312 g/mol. The van der Waals surface area contributed by atoms with Crippen molar-refractivity contribution in [1.29, 1.82) is 0 Å². The Morgan fingerprint density at radius 2 is 1.48 bits per heavy atom. The van der Waals surface area contributed by atoms with Crippen molar-refractivity contribution in [1.82, 2.24) is 0 Å². The van der Waals surface area contributed by atoms with Gasteiger partial charge >= 0.3 is 0 Å². The van der Waals surface area contributed by atoms with E-state index in [1.54, 1.807) is 6.42 Å². The van der Waals surface area contributed by atoms with Gasteiger partial charge in [-0.15, -0.1) is 0 Å². The van der Waals surface area contributed by atoms with Gasteiger partial charge in [0.25, 0.3) is 0 Å². The average Bonchev–Trinajstić information content (AvgIpc) is 3.20. The van der Waals surface area contributed by atoms with Crippen LogP contribution in [0.4, 0.5) is 0 Å². The Morgan fingerprint density at radius 3 is 2.00 bits per heavy atom. The summed E-state index contributed by atoms with van der Waals surface area (Å²) in [6, 6.07) is 8.94. The van der Waals surface area contributed by atoms with Gasteiger partial charge < -0.3 is 4.74 Å². The molecule has 0 aliphatic heterocycles. The zero-order chi connectivity index (χ0) is 16.2. The summed E-state index contributed by atoms with van der Waals surface area (Å²) in [5, 5.41) is 0. The first kappa shape index (κ1) is 15.5. The van der Waals surface area contributed by atoms with Gasteiger partial charge in [-0.3, -0.25) is 0 Å². The maximum absolute atomic E-state index is 5.80. The molecule has 0 heterocycles. The lowest BCUT2D eigenvalue weighted by Crippen LogP contribution is -2.27. The highest BCUT2D eigenvalue weighted by Crippen LogP contribution is 2.62. The third-order valence-electron chi connectivity index (χ3n) is 7.38. The van der Waals surface area contributed by atoms with Crippen molar-refractivity contribution in [2.75, 3.05) is 0 Å². The molecule has 0 spiro atoms. The van der Waals surface area contributed by atoms with Crippen molar-refractivity contribution in [2.45, 2.75) is 71.3 Å². The van der Waals surface area contributed by atoms with Gasteiger partial charge in [0, 0.05) is 0 Å². The number of fused-ring (bicyclic) bond motifs is 5. The van der Waals surface area contributed by atoms with E-state index in [2.05, 4.69) is 52.0 Å². The highest BCUT2D eigenvalue weighted by atomic mass is 16.5. The van der Waals surface area contributed by atoms with Crippen molar-refractivity contribution in [3.05, 3.63) is 29.8 Å². The lowest BCUT2D eigenvalue weighted by Gasteiger charge is -2.33. The molecule has 1 aromatic rings. The summed E-state index contributed by atoms with van der Waals surface area (Å²) in [5.41, 5.74) is 1.78. The zero-order valence-electron chi connectivity index (χ0n) is 15.2. The van der Waals surface area contributed by atoms with Crippen LogP contribution in [0.15, 0.2) is 24.3 Å². The minimum Gasteiger partial charge on any atom is -0.491 e. The molecule has 4 atom stereocenters. The summed E-state index contributed by atoms with van der Waals surface area (Å²) in [6.45, 7) is 9.12. The number of rotatable bonds is 4. The molecule has 1 heteroatoms. The Kier molecular flexibility index (Phi) is 3.74. The highest BCUT2D eigenvalue weighted by Gasteiger charge is 2.54. The summed E-state index contributed by atoms with van der Waals surface area (Å²) in [7, 11) is 0. The smallest absolute Gasteiger partial charge is 0.119 e. The molecule has 2 bridgehead atoms. The van der Waals surface area contributed by atoms with Crippen LogP contribution < -0.4 is 4.74 Å². The molecule has 3 saturated carbocycles. The van der Waals surface area contributed by atoms with Gasteiger partial charge in [0.15, 0.2) is 0 Å². The Balaban J connectivity index is 1.49. The predicted molar refractivity (Wildman–Crippen MR) is 95.8 cm³/mol. The van der Waals surface area contributed by atoms with Crippen LogP contribution in [0, 0.1) is 29.6 Å². The predicted octanol–water partition coefficient (Wildman–Crippen LogP) is 5.82. The highest BCUT2D eigenvalue weighted by molar-refractivity contribution is 5.32. The van der Waals surface area contributed by atoms with Crippen molar-refractivity contribution >= 4 is 0 Å². The molecule has 23 heavy (non-hydrogen) atoms. The first-order chi connectivity index (χ1) is 10.9. The van der Waals surface area contributed by atoms with Gasteiger partial charge in [-0.2, -0.15) is 0 Å². The Morgan fingerprint density at radius 1 is 0.913 bits per heavy atom. The molecule has 3 fully saturated rings. The van der Waals surface area contributed by atoms with Crippen LogP contribution in [0.1, 0.15) is 65.4 Å². The van der Waals surface area contributed by atoms with Gasteiger partial charge in [0.05, 0.1) is 6.10 Å². The molecule has 4 rings (SSSR count). The molecule has 0 N–H and O–H groups in total. The van der Waals surface area contributed by atoms with Gasteiger partial charge in [-0.25, -0.2) is 0 Å². The van der Waals surface area contributed by atoms with E-state index >= 15 is 0 Å². The summed E-state index contributed by atoms with van der Waals surface area (Å²) in [4.78, 5) is 0. The first-order valence-electron chi connectivity index (χ1n) is 9.72. The summed E-state index contributed by atoms with van der Waals surface area (Å²) < 4.78 is 5.80. The second-order valence-electron chi connectivity index (χ2n) is 9.24. The topological polar surface area (TPSA) is 9.23 Å². The Labute approximate surface area is 141 Å². The van der Waals surface area contributed by atoms with Crippen molar-refractivity contribution in [3.8, 4) is 5.75 Å². The van der Waals surface area contributed by atoms with E-state index in [1.807, 2.05) is 0 Å². The molecule has 0 radical (unpaired) electrons. The quantitative estimate of drug-likeness (QED) is 0.680. The fourth-order valence-corrected chi connectivity index (χ4v) is 6.08. The fraction of sp³-hybridized carbons (Fsp3) is 0.727. The van der Waals surface area contributed by atoms with Crippen LogP contribution in [0.5, 0.6) is 5.75 Å². The van der Waals surface area contributed by atoms with Crippen LogP contribution in [0.3, 0.4) is 0 Å². The third-order valence-corrected chi connectivity index (χ3v) is 7.38. The maximum Gasteiger partial charge on any atom is 0.119 e. The standard InChI is InChI=1S/C22H32O/c1-14(2)23-19-9-7-17(8-10-19)22(3,4)18-12-20-15-5-6-16(11-15)21(20)13-18/h7-10,14-16,18,20-21H,5-6,11-13H2,1-4H3. The first-order valence-corrected chi connectivity index (χ1v) is 9.72. The summed E-state index contributed by atoms with van der Waals surface area (Å²) >= 11 is 0. The molecule has 0 saturated heterocycles. The summed E-state index contributed by atoms with van der Waals surface area (Å²) in [6.07, 6.45) is 7.81. The molecule has 126 valence electrons. The molecule has 3 aliphatic carbocycles. The van der Waals surface area contributed by atoms with Gasteiger partial charge in [-0.05, 0) is 98.7 Å². The molecular formula is C22H32O. The molecule has 3 aliphatic rings. The number of hydrogen-bond donors (Lipinski definition) is 0. The van der Waals surface area contributed by atoms with Crippen LogP contribution in [0.2, 0.25) is 0 Å². The Hall–Kier alpha value is -0.980. The number of benzene rings is 1. The molecule has 1 nitrogen and oxygen atoms in total. The molecule has 4 unspecified atom stereocenters. The lowest BCUT2D eigenvalue weighted by atomic mass is 9.71. The van der Waals surface area contributed by atoms with E-state index in [4.69, 9.17) is 4.74 Å². The van der Waals surface area contributed by atoms with E-state index in [0.717, 1.165) is 35.3 Å². The van der Waals surface area contributed by atoms with E-state index in [1.165, 1.54) is 31.2 Å². The summed E-state index contributed by atoms with van der Waals surface area (Å²) in [5.74, 6) is 6.13. The van der Waals surface area contributed by atoms with Crippen LogP contribution in [0.25, 0.3) is 0 Å². The normalized spacial score (nSPS) is 35.8. The van der Waals surface area contributed by atoms with Crippen LogP contribution in [-0.4, -0.2) is 6.10 Å². The molecule has 1 aromatic carbocycles. The monoisotopic (exact) mass is 312 g/mol. The molecule has 0 amide bonds. The van der Waals surface area contributed by atoms with E-state index in [-0.39, 0.29) is 6.10 Å². The van der Waals surface area contributed by atoms with Crippen LogP contribution >= 0.6 is 0 Å². The van der Waals surface area contributed by atoms with Crippen molar-refractivity contribution < 1.29 is 4.74 Å². The second kappa shape index (κ2) is 5.53. The van der Waals surface area contributed by atoms with E-state index in [0.29, 0.717) is 5.41 Å². The lowest BCUT2D eigenvalue weighted by molar-refractivity contribution is 0.242. The number of ether oxygens (including phenoxy) is 1. The largest absolute Gasteiger partial charge is 0.491 e. The zero-order valence-corrected chi connectivity index (χ0v) is 15.2. The van der Waals surface area contributed by atoms with Gasteiger partial charge in [-0.1, -0.05) is 26.0 Å². The SMILES string of the molecule is CC(C)Oc1ccc(C(C)(C)C2CC3C4CCC(C4)C3C2)cc1.